The molecular weight excluding hydrogens is 196 g/mol. The Bertz CT molecular complexity index is 334. The summed E-state index contributed by atoms with van der Waals surface area (Å²) in [6.45, 7) is 10.8. The van der Waals surface area contributed by atoms with Crippen molar-refractivity contribution in [2.45, 2.75) is 34.6 Å². The van der Waals surface area contributed by atoms with Crippen LogP contribution in [-0.2, 0) is 0 Å². The third-order valence-corrected chi connectivity index (χ3v) is 1.87. The second kappa shape index (κ2) is 8.84. The van der Waals surface area contributed by atoms with Crippen LogP contribution in [0.25, 0.3) is 0 Å². The molecule has 0 N–H and O–H groups in total. The van der Waals surface area contributed by atoms with E-state index in [1.165, 1.54) is 5.56 Å². The van der Waals surface area contributed by atoms with Gasteiger partial charge in [-0.05, 0) is 20.8 Å². The van der Waals surface area contributed by atoms with Crippen LogP contribution in [0.1, 0.15) is 38.8 Å². The normalized spacial score (nSPS) is 11.2. The highest BCUT2D eigenvalue weighted by Crippen LogP contribution is 2.05. The standard InChI is InChI=1S/C12H16N2.C2H6/c1-4-13-12(14-5-2)11-8-6-10(3)7-9-11;1-2/h4,6-9H,5H2,1-3H3;1-2H3. The van der Waals surface area contributed by atoms with Crippen LogP contribution in [0.5, 0.6) is 0 Å². The van der Waals surface area contributed by atoms with E-state index in [0.717, 1.165) is 17.9 Å². The highest BCUT2D eigenvalue weighted by Gasteiger charge is 1.98. The van der Waals surface area contributed by atoms with Gasteiger partial charge in [0.25, 0.3) is 0 Å². The zero-order valence-electron chi connectivity index (χ0n) is 11.0. The van der Waals surface area contributed by atoms with Crippen molar-refractivity contribution in [1.82, 2.24) is 0 Å². The van der Waals surface area contributed by atoms with Gasteiger partial charge in [0.15, 0.2) is 5.84 Å². The number of amidine groups is 1. The molecule has 0 aromatic heterocycles. The molecular formula is C14H22N2. The van der Waals surface area contributed by atoms with E-state index in [4.69, 9.17) is 0 Å². The molecule has 0 radical (unpaired) electrons. The molecule has 0 aliphatic heterocycles. The Balaban J connectivity index is 0.00000106. The van der Waals surface area contributed by atoms with Crippen molar-refractivity contribution in [3.8, 4) is 0 Å². The maximum Gasteiger partial charge on any atom is 0.154 e. The van der Waals surface area contributed by atoms with Gasteiger partial charge in [0.2, 0.25) is 0 Å². The Morgan fingerprint density at radius 3 is 2.19 bits per heavy atom. The fourth-order valence-electron chi connectivity index (χ4n) is 1.18. The van der Waals surface area contributed by atoms with Crippen molar-refractivity contribution in [1.29, 1.82) is 0 Å². The van der Waals surface area contributed by atoms with Gasteiger partial charge < -0.3 is 0 Å². The van der Waals surface area contributed by atoms with Gasteiger partial charge >= 0.3 is 0 Å². The minimum Gasteiger partial charge on any atom is -0.267 e. The molecule has 16 heavy (non-hydrogen) atoms. The highest BCUT2D eigenvalue weighted by atomic mass is 14.9. The van der Waals surface area contributed by atoms with E-state index in [0.29, 0.717) is 0 Å². The average Bonchev–Trinajstić information content (AvgIpc) is 2.32. The molecule has 2 nitrogen and oxygen atoms in total. The second-order valence-corrected chi connectivity index (χ2v) is 3.05. The SMILES string of the molecule is CC.CC=NC(=NCC)c1ccc(C)cc1. The van der Waals surface area contributed by atoms with Crippen molar-refractivity contribution >= 4 is 12.1 Å². The fraction of sp³-hybridized carbons (Fsp3) is 0.429. The number of rotatable bonds is 2. The number of aryl methyl sites for hydroxylation is 1. The van der Waals surface area contributed by atoms with E-state index >= 15 is 0 Å². The topological polar surface area (TPSA) is 24.7 Å². The van der Waals surface area contributed by atoms with Crippen LogP contribution in [0.4, 0.5) is 0 Å². The van der Waals surface area contributed by atoms with Crippen LogP contribution in [0.2, 0.25) is 0 Å². The molecule has 0 saturated carbocycles. The predicted molar refractivity (Wildman–Crippen MR) is 73.8 cm³/mol. The Morgan fingerprint density at radius 2 is 1.75 bits per heavy atom. The lowest BCUT2D eigenvalue weighted by molar-refractivity contribution is 1.12. The van der Waals surface area contributed by atoms with Gasteiger partial charge in [0, 0.05) is 18.3 Å². The Hall–Kier alpha value is -1.44. The summed E-state index contributed by atoms with van der Waals surface area (Å²) >= 11 is 0. The van der Waals surface area contributed by atoms with Crippen LogP contribution in [0, 0.1) is 6.92 Å². The maximum absolute atomic E-state index is 4.33. The third kappa shape index (κ3) is 4.87. The molecule has 0 saturated heterocycles. The van der Waals surface area contributed by atoms with E-state index in [1.807, 2.05) is 27.7 Å². The molecule has 0 atom stereocenters. The number of nitrogens with zero attached hydrogens (tertiary/aromatic N) is 2. The van der Waals surface area contributed by atoms with Gasteiger partial charge in [-0.1, -0.05) is 43.7 Å². The van der Waals surface area contributed by atoms with Crippen molar-refractivity contribution in [3.05, 3.63) is 35.4 Å². The molecule has 0 spiro atoms. The summed E-state index contributed by atoms with van der Waals surface area (Å²) in [6.07, 6.45) is 1.77. The third-order valence-electron chi connectivity index (χ3n) is 1.87. The zero-order valence-corrected chi connectivity index (χ0v) is 11.0. The summed E-state index contributed by atoms with van der Waals surface area (Å²) < 4.78 is 0. The van der Waals surface area contributed by atoms with Crippen LogP contribution in [0.3, 0.4) is 0 Å². The van der Waals surface area contributed by atoms with Crippen LogP contribution in [-0.4, -0.2) is 18.6 Å². The van der Waals surface area contributed by atoms with Crippen molar-refractivity contribution in [2.75, 3.05) is 6.54 Å². The van der Waals surface area contributed by atoms with Gasteiger partial charge in [-0.25, -0.2) is 4.99 Å². The molecule has 0 fully saturated rings. The minimum absolute atomic E-state index is 0.764. The van der Waals surface area contributed by atoms with Gasteiger partial charge in [0.1, 0.15) is 0 Å². The molecule has 0 amide bonds. The molecule has 0 aliphatic rings. The van der Waals surface area contributed by atoms with E-state index in [2.05, 4.69) is 41.2 Å². The summed E-state index contributed by atoms with van der Waals surface area (Å²) in [7, 11) is 0. The van der Waals surface area contributed by atoms with Gasteiger partial charge in [-0.3, -0.25) is 4.99 Å². The molecule has 1 aromatic rings. The molecule has 88 valence electrons. The monoisotopic (exact) mass is 218 g/mol. The summed E-state index contributed by atoms with van der Waals surface area (Å²) in [6, 6.07) is 8.25. The Kier molecular flexibility index (Phi) is 8.04. The smallest absolute Gasteiger partial charge is 0.154 e. The van der Waals surface area contributed by atoms with E-state index in [-0.39, 0.29) is 0 Å². The average molecular weight is 218 g/mol. The second-order valence-electron chi connectivity index (χ2n) is 3.05. The van der Waals surface area contributed by atoms with Crippen molar-refractivity contribution in [3.63, 3.8) is 0 Å². The van der Waals surface area contributed by atoms with Gasteiger partial charge in [0.05, 0.1) is 0 Å². The lowest BCUT2D eigenvalue weighted by Crippen LogP contribution is -1.98. The number of hydrogen-bond donors (Lipinski definition) is 0. The van der Waals surface area contributed by atoms with E-state index in [9.17, 15) is 0 Å². The quantitative estimate of drug-likeness (QED) is 0.531. The summed E-state index contributed by atoms with van der Waals surface area (Å²) in [5, 5.41) is 0. The van der Waals surface area contributed by atoms with E-state index < -0.39 is 0 Å². The summed E-state index contributed by atoms with van der Waals surface area (Å²) in [5.74, 6) is 0.815. The van der Waals surface area contributed by atoms with Gasteiger partial charge in [-0.2, -0.15) is 0 Å². The highest BCUT2D eigenvalue weighted by molar-refractivity contribution is 6.02. The van der Waals surface area contributed by atoms with Crippen LogP contribution < -0.4 is 0 Å². The van der Waals surface area contributed by atoms with Crippen molar-refractivity contribution in [2.24, 2.45) is 9.98 Å². The lowest BCUT2D eigenvalue weighted by Gasteiger charge is -2.00. The molecule has 0 bridgehead atoms. The first-order chi connectivity index (χ1) is 7.77. The molecule has 0 aliphatic carbocycles. The minimum atomic E-state index is 0.764. The predicted octanol–water partition coefficient (Wildman–Crippen LogP) is 3.88. The molecule has 1 rings (SSSR count). The Labute approximate surface area is 99.1 Å². The number of hydrogen-bond acceptors (Lipinski definition) is 1. The Morgan fingerprint density at radius 1 is 1.19 bits per heavy atom. The first kappa shape index (κ1) is 14.6. The van der Waals surface area contributed by atoms with Gasteiger partial charge in [-0.15, -0.1) is 0 Å². The number of aliphatic imine (C=N–C) groups is 2. The molecule has 0 unspecified atom stereocenters. The van der Waals surface area contributed by atoms with Crippen LogP contribution >= 0.6 is 0 Å². The van der Waals surface area contributed by atoms with E-state index in [1.54, 1.807) is 6.21 Å². The zero-order chi connectivity index (χ0) is 12.4. The summed E-state index contributed by atoms with van der Waals surface area (Å²) in [4.78, 5) is 8.57. The largest absolute Gasteiger partial charge is 0.267 e. The first-order valence-corrected chi connectivity index (χ1v) is 5.88. The maximum atomic E-state index is 4.33. The molecule has 1 aromatic carbocycles. The summed E-state index contributed by atoms with van der Waals surface area (Å²) in [5.41, 5.74) is 2.33. The lowest BCUT2D eigenvalue weighted by atomic mass is 10.1. The molecule has 2 heteroatoms. The molecule has 0 heterocycles. The van der Waals surface area contributed by atoms with Crippen LogP contribution in [0.15, 0.2) is 34.3 Å². The number of benzene rings is 1. The first-order valence-electron chi connectivity index (χ1n) is 5.88. The van der Waals surface area contributed by atoms with Crippen molar-refractivity contribution < 1.29 is 0 Å². The fourth-order valence-corrected chi connectivity index (χ4v) is 1.18.